The summed E-state index contributed by atoms with van der Waals surface area (Å²) in [5.74, 6) is 0. The number of para-hydroxylation sites is 1. The van der Waals surface area contributed by atoms with Crippen LogP contribution in [0.15, 0.2) is 23.1 Å². The molecule has 1 aromatic carbocycles. The van der Waals surface area contributed by atoms with Crippen LogP contribution in [0, 0.1) is 0 Å². The zero-order valence-corrected chi connectivity index (χ0v) is 15.5. The summed E-state index contributed by atoms with van der Waals surface area (Å²) in [4.78, 5) is 10.8. The molecule has 1 saturated carbocycles. The number of nitrogens with two attached hydrogens (primary N) is 1. The highest BCUT2D eigenvalue weighted by Crippen LogP contribution is 2.31. The van der Waals surface area contributed by atoms with E-state index in [0.29, 0.717) is 37.7 Å². The van der Waals surface area contributed by atoms with Gasteiger partial charge in [-0.25, -0.2) is 4.79 Å². The zero-order chi connectivity index (χ0) is 18.7. The highest BCUT2D eigenvalue weighted by Gasteiger charge is 2.35. The number of rotatable bonds is 6. The quantitative estimate of drug-likeness (QED) is 0.764. The van der Waals surface area contributed by atoms with Crippen molar-refractivity contribution in [2.45, 2.75) is 55.6 Å². The molecule has 1 aliphatic rings. The third-order valence-electron chi connectivity index (χ3n) is 4.16. The van der Waals surface area contributed by atoms with Crippen molar-refractivity contribution in [2.75, 3.05) is 5.32 Å². The van der Waals surface area contributed by atoms with Gasteiger partial charge in [0.2, 0.25) is 0 Å². The number of hydrogen-bond acceptors (Lipinski definition) is 6. The normalized spacial score (nSPS) is 16.5. The van der Waals surface area contributed by atoms with Crippen molar-refractivity contribution in [2.24, 2.45) is 5.73 Å². The molecule has 0 atom stereocenters. The number of carbonyl (C=O) groups is 1. The summed E-state index contributed by atoms with van der Waals surface area (Å²) in [6.45, 7) is 1.76. The molecule has 0 saturated heterocycles. The minimum absolute atomic E-state index is 0.0589. The molecule has 3 N–H and O–H groups in total. The first-order valence-electron chi connectivity index (χ1n) is 8.05. The van der Waals surface area contributed by atoms with Crippen LogP contribution >= 0.6 is 0 Å². The Morgan fingerprint density at radius 3 is 2.40 bits per heavy atom. The monoisotopic (exact) mass is 390 g/mol. The Morgan fingerprint density at radius 2 is 1.84 bits per heavy atom. The predicted octanol–water partition coefficient (Wildman–Crippen LogP) is 2.11. The van der Waals surface area contributed by atoms with Gasteiger partial charge in [0.25, 0.3) is 10.1 Å². The van der Waals surface area contributed by atoms with E-state index in [0.717, 1.165) is 6.42 Å². The lowest BCUT2D eigenvalue weighted by atomic mass is 10.0. The largest absolute Gasteiger partial charge is 0.351 e. The van der Waals surface area contributed by atoms with Crippen LogP contribution in [0.2, 0.25) is 0 Å². The highest BCUT2D eigenvalue weighted by atomic mass is 32.3. The summed E-state index contributed by atoms with van der Waals surface area (Å²) in [7, 11) is -8.92. The lowest BCUT2D eigenvalue weighted by molar-refractivity contribution is 0.259. The number of carbonyl (C=O) groups excluding carboxylic acids is 1. The molecule has 0 aliphatic heterocycles. The molecule has 2 amide bonds. The maximum atomic E-state index is 12.6. The molecule has 25 heavy (non-hydrogen) atoms. The Morgan fingerprint density at radius 1 is 1.20 bits per heavy atom. The minimum Gasteiger partial charge on any atom is -0.351 e. The van der Waals surface area contributed by atoms with Crippen LogP contribution in [0.5, 0.6) is 0 Å². The van der Waals surface area contributed by atoms with Crippen molar-refractivity contribution >= 4 is 32.0 Å². The van der Waals surface area contributed by atoms with Gasteiger partial charge in [-0.2, -0.15) is 16.8 Å². The maximum absolute atomic E-state index is 12.6. The van der Waals surface area contributed by atoms with Crippen molar-refractivity contribution in [3.63, 3.8) is 0 Å². The van der Waals surface area contributed by atoms with E-state index in [2.05, 4.69) is 8.95 Å². The number of nitrogens with one attached hydrogen (secondary N) is 1. The SMILES string of the molecule is CCc1cccc(S(=O)(=O)OS(=O)(=O)C2CCCCC2)c1NC(N)=O. The second-order valence-corrected chi connectivity index (χ2v) is 9.45. The van der Waals surface area contributed by atoms with Gasteiger partial charge in [-0.3, -0.25) is 0 Å². The Hall–Kier alpha value is -1.65. The molecule has 10 heteroatoms. The summed E-state index contributed by atoms with van der Waals surface area (Å²) in [6, 6.07) is 3.29. The van der Waals surface area contributed by atoms with Gasteiger partial charge in [0.15, 0.2) is 0 Å². The van der Waals surface area contributed by atoms with Gasteiger partial charge < -0.3 is 11.1 Å². The van der Waals surface area contributed by atoms with Crippen LogP contribution in [0.25, 0.3) is 0 Å². The molecule has 1 fully saturated rings. The van der Waals surface area contributed by atoms with Crippen molar-refractivity contribution in [1.29, 1.82) is 0 Å². The topological polar surface area (TPSA) is 133 Å². The molecule has 0 aromatic heterocycles. The van der Waals surface area contributed by atoms with E-state index in [-0.39, 0.29) is 5.69 Å². The minimum atomic E-state index is -4.63. The molecule has 0 bridgehead atoms. The summed E-state index contributed by atoms with van der Waals surface area (Å²) < 4.78 is 54.5. The molecule has 1 aromatic rings. The number of aryl methyl sites for hydroxylation is 1. The van der Waals surface area contributed by atoms with Crippen molar-refractivity contribution in [3.8, 4) is 0 Å². The maximum Gasteiger partial charge on any atom is 0.316 e. The molecule has 0 unspecified atom stereocenters. The second kappa shape index (κ2) is 7.71. The van der Waals surface area contributed by atoms with Crippen molar-refractivity contribution in [3.05, 3.63) is 23.8 Å². The Bertz CT molecular complexity index is 843. The fourth-order valence-corrected chi connectivity index (χ4v) is 6.24. The van der Waals surface area contributed by atoms with E-state index >= 15 is 0 Å². The van der Waals surface area contributed by atoms with E-state index in [1.807, 2.05) is 0 Å². The second-order valence-electron chi connectivity index (χ2n) is 5.91. The lowest BCUT2D eigenvalue weighted by Crippen LogP contribution is -2.29. The van der Waals surface area contributed by atoms with E-state index in [1.54, 1.807) is 13.0 Å². The van der Waals surface area contributed by atoms with Crippen molar-refractivity contribution in [1.82, 2.24) is 0 Å². The number of amides is 2. The van der Waals surface area contributed by atoms with Gasteiger partial charge in [-0.05, 0) is 30.9 Å². The van der Waals surface area contributed by atoms with Crippen LogP contribution in [0.4, 0.5) is 10.5 Å². The van der Waals surface area contributed by atoms with Crippen LogP contribution in [-0.2, 0) is 30.3 Å². The number of anilines is 1. The highest BCUT2D eigenvalue weighted by molar-refractivity contribution is 8.00. The molecule has 2 rings (SSSR count). The third-order valence-corrected chi connectivity index (χ3v) is 7.80. The van der Waals surface area contributed by atoms with Crippen LogP contribution in [0.3, 0.4) is 0 Å². The van der Waals surface area contributed by atoms with E-state index in [1.165, 1.54) is 12.1 Å². The fourth-order valence-electron chi connectivity index (χ4n) is 2.92. The number of hydrogen-bond donors (Lipinski definition) is 2. The molecule has 8 nitrogen and oxygen atoms in total. The first-order valence-corrected chi connectivity index (χ1v) is 10.9. The summed E-state index contributed by atoms with van der Waals surface area (Å²) in [5, 5.41) is 1.41. The molecule has 1 aliphatic carbocycles. The molecule has 0 spiro atoms. The third kappa shape index (κ3) is 4.71. The summed E-state index contributed by atoms with van der Waals surface area (Å²) in [5.41, 5.74) is 5.54. The molecular weight excluding hydrogens is 368 g/mol. The molecular formula is C15H22N2O6S2. The lowest BCUT2D eigenvalue weighted by Gasteiger charge is -2.21. The number of primary amides is 1. The van der Waals surface area contributed by atoms with Gasteiger partial charge in [0, 0.05) is 0 Å². The van der Waals surface area contributed by atoms with Gasteiger partial charge in [0.05, 0.1) is 10.9 Å². The van der Waals surface area contributed by atoms with Crippen molar-refractivity contribution < 1.29 is 25.3 Å². The summed E-state index contributed by atoms with van der Waals surface area (Å²) in [6.07, 6.45) is 3.51. The van der Waals surface area contributed by atoms with Gasteiger partial charge in [-0.15, -0.1) is 3.63 Å². The van der Waals surface area contributed by atoms with Crippen LogP contribution < -0.4 is 11.1 Å². The molecule has 0 radical (unpaired) electrons. The standard InChI is InChI=1S/C15H22N2O6S2/c1-2-11-7-6-10-13(14(11)17-15(16)18)25(21,22)23-24(19,20)12-8-4-3-5-9-12/h6-7,10,12H,2-5,8-9H2,1H3,(H3,16,17,18). The Labute approximate surface area is 148 Å². The first-order chi connectivity index (χ1) is 11.7. The van der Waals surface area contributed by atoms with Gasteiger partial charge >= 0.3 is 16.1 Å². The van der Waals surface area contributed by atoms with Crippen LogP contribution in [-0.4, -0.2) is 28.1 Å². The van der Waals surface area contributed by atoms with E-state index < -0.39 is 36.4 Å². The van der Waals surface area contributed by atoms with Gasteiger partial charge in [-0.1, -0.05) is 38.3 Å². The number of urea groups is 1. The average Bonchev–Trinajstić information content (AvgIpc) is 2.54. The smallest absolute Gasteiger partial charge is 0.316 e. The fraction of sp³-hybridized carbons (Fsp3) is 0.533. The zero-order valence-electron chi connectivity index (χ0n) is 13.9. The summed E-state index contributed by atoms with van der Waals surface area (Å²) >= 11 is 0. The predicted molar refractivity (Wildman–Crippen MR) is 93.1 cm³/mol. The number of benzene rings is 1. The van der Waals surface area contributed by atoms with E-state index in [9.17, 15) is 21.6 Å². The molecule has 140 valence electrons. The Balaban J connectivity index is 2.40. The van der Waals surface area contributed by atoms with Gasteiger partial charge in [0.1, 0.15) is 4.90 Å². The van der Waals surface area contributed by atoms with Crippen LogP contribution in [0.1, 0.15) is 44.6 Å². The first kappa shape index (κ1) is 19.7. The van der Waals surface area contributed by atoms with E-state index in [4.69, 9.17) is 5.73 Å². The Kier molecular flexibility index (Phi) is 6.07. The molecule has 0 heterocycles. The average molecular weight is 390 g/mol.